The minimum absolute atomic E-state index is 0.163. The topological polar surface area (TPSA) is 62.7 Å². The first-order chi connectivity index (χ1) is 10.0. The van der Waals surface area contributed by atoms with Gasteiger partial charge in [0.25, 0.3) is 0 Å². The second-order valence-electron chi connectivity index (χ2n) is 6.55. The molecule has 2 fully saturated rings. The van der Waals surface area contributed by atoms with Crippen molar-refractivity contribution in [2.75, 3.05) is 13.6 Å². The number of hydrogen-bond acceptors (Lipinski definition) is 4. The van der Waals surface area contributed by atoms with Crippen molar-refractivity contribution in [2.24, 2.45) is 5.73 Å². The Bertz CT molecular complexity index is 499. The predicted octanol–water partition coefficient (Wildman–Crippen LogP) is 1.50. The lowest BCUT2D eigenvalue weighted by Crippen LogP contribution is -2.50. The van der Waals surface area contributed by atoms with E-state index >= 15 is 0 Å². The predicted molar refractivity (Wildman–Crippen MR) is 80.6 cm³/mol. The van der Waals surface area contributed by atoms with Gasteiger partial charge in [0.05, 0.1) is 13.1 Å². The molecule has 0 aromatic carbocycles. The molecule has 2 aliphatic rings. The molecule has 1 amide bonds. The van der Waals surface area contributed by atoms with Crippen LogP contribution in [0.2, 0.25) is 0 Å². The molecule has 2 bridgehead atoms. The van der Waals surface area contributed by atoms with E-state index in [1.807, 2.05) is 26.1 Å². The number of amides is 1. The largest absolute Gasteiger partial charge is 0.464 e. The SMILES string of the molecule is Cc1ccc(CN(C)C(=O)CN2C3CCC2CC(N)C3)o1. The summed E-state index contributed by atoms with van der Waals surface area (Å²) < 4.78 is 5.54. The highest BCUT2D eigenvalue weighted by Crippen LogP contribution is 2.34. The minimum Gasteiger partial charge on any atom is -0.464 e. The summed E-state index contributed by atoms with van der Waals surface area (Å²) in [5.74, 6) is 1.89. The van der Waals surface area contributed by atoms with Gasteiger partial charge in [-0.1, -0.05) is 0 Å². The molecule has 1 aromatic rings. The van der Waals surface area contributed by atoms with E-state index in [1.165, 1.54) is 12.8 Å². The van der Waals surface area contributed by atoms with Gasteiger partial charge in [0.15, 0.2) is 0 Å². The number of nitrogens with zero attached hydrogens (tertiary/aromatic N) is 2. The first-order valence-corrected chi connectivity index (χ1v) is 7.83. The van der Waals surface area contributed by atoms with Crippen LogP contribution in [0.5, 0.6) is 0 Å². The minimum atomic E-state index is 0.163. The van der Waals surface area contributed by atoms with Gasteiger partial charge in [0.2, 0.25) is 5.91 Å². The molecule has 0 spiro atoms. The number of furan rings is 1. The van der Waals surface area contributed by atoms with E-state index < -0.39 is 0 Å². The molecule has 1 aromatic heterocycles. The molecule has 5 nitrogen and oxygen atoms in total. The van der Waals surface area contributed by atoms with Gasteiger partial charge >= 0.3 is 0 Å². The molecule has 5 heteroatoms. The third-order valence-corrected chi connectivity index (χ3v) is 4.85. The molecule has 2 unspecified atom stereocenters. The highest BCUT2D eigenvalue weighted by atomic mass is 16.3. The summed E-state index contributed by atoms with van der Waals surface area (Å²) in [5, 5.41) is 0. The maximum atomic E-state index is 12.4. The Labute approximate surface area is 126 Å². The average molecular weight is 291 g/mol. The van der Waals surface area contributed by atoms with Crippen molar-refractivity contribution in [3.05, 3.63) is 23.7 Å². The van der Waals surface area contributed by atoms with Crippen molar-refractivity contribution in [3.63, 3.8) is 0 Å². The Morgan fingerprint density at radius 1 is 1.38 bits per heavy atom. The van der Waals surface area contributed by atoms with E-state index in [0.29, 0.717) is 31.2 Å². The third kappa shape index (κ3) is 3.14. The molecule has 0 saturated carbocycles. The molecule has 2 atom stereocenters. The Morgan fingerprint density at radius 3 is 2.62 bits per heavy atom. The van der Waals surface area contributed by atoms with Crippen LogP contribution in [0.1, 0.15) is 37.2 Å². The van der Waals surface area contributed by atoms with E-state index in [-0.39, 0.29) is 5.91 Å². The lowest BCUT2D eigenvalue weighted by Gasteiger charge is -2.37. The zero-order chi connectivity index (χ0) is 15.0. The van der Waals surface area contributed by atoms with E-state index in [4.69, 9.17) is 10.2 Å². The average Bonchev–Trinajstić information content (AvgIpc) is 2.92. The van der Waals surface area contributed by atoms with Gasteiger partial charge < -0.3 is 15.1 Å². The third-order valence-electron chi connectivity index (χ3n) is 4.85. The lowest BCUT2D eigenvalue weighted by atomic mass is 9.98. The molecule has 3 heterocycles. The first kappa shape index (κ1) is 14.6. The van der Waals surface area contributed by atoms with Crippen LogP contribution in [-0.4, -0.2) is 47.4 Å². The van der Waals surface area contributed by atoms with Crippen LogP contribution in [0.3, 0.4) is 0 Å². The highest BCUT2D eigenvalue weighted by molar-refractivity contribution is 5.78. The standard InChI is InChI=1S/C16H25N3O2/c1-11-3-6-15(21-11)9-18(2)16(20)10-19-13-4-5-14(19)8-12(17)7-13/h3,6,12-14H,4-5,7-10,17H2,1-2H3. The molecule has 116 valence electrons. The van der Waals surface area contributed by atoms with Gasteiger partial charge in [-0.2, -0.15) is 0 Å². The molecular formula is C16H25N3O2. The van der Waals surface area contributed by atoms with Gasteiger partial charge in [-0.25, -0.2) is 0 Å². The first-order valence-electron chi connectivity index (χ1n) is 7.83. The number of rotatable bonds is 4. The Hall–Kier alpha value is -1.33. The number of likely N-dealkylation sites (N-methyl/N-ethyl adjacent to an activating group) is 1. The highest BCUT2D eigenvalue weighted by Gasteiger charge is 2.40. The summed E-state index contributed by atoms with van der Waals surface area (Å²) in [7, 11) is 1.85. The van der Waals surface area contributed by atoms with E-state index in [2.05, 4.69) is 4.90 Å². The number of carbonyl (C=O) groups is 1. The Balaban J connectivity index is 1.56. The monoisotopic (exact) mass is 291 g/mol. The van der Waals surface area contributed by atoms with Crippen LogP contribution in [0.25, 0.3) is 0 Å². The zero-order valence-corrected chi connectivity index (χ0v) is 12.9. The lowest BCUT2D eigenvalue weighted by molar-refractivity contribution is -0.133. The summed E-state index contributed by atoms with van der Waals surface area (Å²) in [4.78, 5) is 16.6. The van der Waals surface area contributed by atoms with Crippen LogP contribution in [-0.2, 0) is 11.3 Å². The maximum absolute atomic E-state index is 12.4. The van der Waals surface area contributed by atoms with Gasteiger partial charge in [-0.05, 0) is 44.7 Å². The van der Waals surface area contributed by atoms with Crippen LogP contribution < -0.4 is 5.73 Å². The van der Waals surface area contributed by atoms with Crippen LogP contribution in [0, 0.1) is 6.92 Å². The summed E-state index contributed by atoms with van der Waals surface area (Å²) in [6.07, 6.45) is 4.44. The van der Waals surface area contributed by atoms with Gasteiger partial charge in [-0.15, -0.1) is 0 Å². The number of fused-ring (bicyclic) bond motifs is 2. The Kier molecular flexibility index (Phi) is 4.04. The summed E-state index contributed by atoms with van der Waals surface area (Å²) in [6.45, 7) is 2.97. The van der Waals surface area contributed by atoms with Crippen LogP contribution in [0.4, 0.5) is 0 Å². The van der Waals surface area contributed by atoms with E-state index in [0.717, 1.165) is 24.4 Å². The fourth-order valence-electron chi connectivity index (χ4n) is 3.74. The Morgan fingerprint density at radius 2 is 2.05 bits per heavy atom. The number of nitrogens with two attached hydrogens (primary N) is 1. The number of carbonyl (C=O) groups excluding carboxylic acids is 1. The molecule has 2 N–H and O–H groups in total. The van der Waals surface area contributed by atoms with Crippen LogP contribution in [0.15, 0.2) is 16.5 Å². The molecule has 21 heavy (non-hydrogen) atoms. The van der Waals surface area contributed by atoms with Crippen molar-refractivity contribution in [2.45, 2.75) is 57.3 Å². The van der Waals surface area contributed by atoms with Crippen molar-refractivity contribution >= 4 is 5.91 Å². The van der Waals surface area contributed by atoms with E-state index in [1.54, 1.807) is 4.90 Å². The van der Waals surface area contributed by atoms with E-state index in [9.17, 15) is 4.79 Å². The quantitative estimate of drug-likeness (QED) is 0.913. The fraction of sp³-hybridized carbons (Fsp3) is 0.688. The number of hydrogen-bond donors (Lipinski definition) is 1. The van der Waals surface area contributed by atoms with Crippen molar-refractivity contribution in [3.8, 4) is 0 Å². The molecule has 0 aliphatic carbocycles. The molecule has 2 saturated heterocycles. The van der Waals surface area contributed by atoms with Crippen molar-refractivity contribution in [1.29, 1.82) is 0 Å². The normalized spacial score (nSPS) is 28.8. The van der Waals surface area contributed by atoms with Crippen LogP contribution >= 0.6 is 0 Å². The second-order valence-corrected chi connectivity index (χ2v) is 6.55. The van der Waals surface area contributed by atoms with Gasteiger partial charge in [0.1, 0.15) is 11.5 Å². The molecule has 2 aliphatic heterocycles. The molecular weight excluding hydrogens is 266 g/mol. The number of aryl methyl sites for hydroxylation is 1. The maximum Gasteiger partial charge on any atom is 0.236 e. The second kappa shape index (κ2) is 5.81. The van der Waals surface area contributed by atoms with Gasteiger partial charge in [-0.3, -0.25) is 9.69 Å². The van der Waals surface area contributed by atoms with Crippen molar-refractivity contribution in [1.82, 2.24) is 9.80 Å². The summed E-state index contributed by atoms with van der Waals surface area (Å²) >= 11 is 0. The summed E-state index contributed by atoms with van der Waals surface area (Å²) in [6, 6.07) is 5.18. The smallest absolute Gasteiger partial charge is 0.236 e. The number of piperidine rings is 1. The van der Waals surface area contributed by atoms with Crippen molar-refractivity contribution < 1.29 is 9.21 Å². The van der Waals surface area contributed by atoms with Gasteiger partial charge in [0, 0.05) is 25.2 Å². The molecule has 3 rings (SSSR count). The summed E-state index contributed by atoms with van der Waals surface area (Å²) in [5.41, 5.74) is 6.08. The molecule has 0 radical (unpaired) electrons. The fourth-order valence-corrected chi connectivity index (χ4v) is 3.74. The zero-order valence-electron chi connectivity index (χ0n) is 12.9.